The van der Waals surface area contributed by atoms with Gasteiger partial charge in [-0.15, -0.1) is 0 Å². The van der Waals surface area contributed by atoms with Crippen molar-refractivity contribution in [3.63, 3.8) is 0 Å². The first-order chi connectivity index (χ1) is 11.6. The minimum Gasteiger partial charge on any atom is -0.493 e. The molecule has 24 heavy (non-hydrogen) atoms. The number of nitriles is 2. The standard InChI is InChI=1S/C17H12ClN3O3/c1-23-15-7-12(9-20)6-14(18)17(15)24-10-16(22)21-13-4-2-3-11(5-13)8-19/h2-7H,10H2,1H3,(H,21,22). The first-order valence-electron chi connectivity index (χ1n) is 6.78. The second kappa shape index (κ2) is 7.87. The highest BCUT2D eigenvalue weighted by atomic mass is 35.5. The van der Waals surface area contributed by atoms with Crippen LogP contribution in [0.3, 0.4) is 0 Å². The van der Waals surface area contributed by atoms with Crippen LogP contribution in [0.1, 0.15) is 11.1 Å². The molecule has 0 saturated carbocycles. The van der Waals surface area contributed by atoms with Crippen LogP contribution >= 0.6 is 11.6 Å². The molecule has 0 spiro atoms. The molecule has 1 amide bonds. The molecule has 1 N–H and O–H groups in total. The van der Waals surface area contributed by atoms with Gasteiger partial charge in [0, 0.05) is 11.8 Å². The van der Waals surface area contributed by atoms with Crippen molar-refractivity contribution in [2.75, 3.05) is 19.0 Å². The van der Waals surface area contributed by atoms with Gasteiger partial charge in [0.15, 0.2) is 18.1 Å². The van der Waals surface area contributed by atoms with Crippen LogP contribution in [0.5, 0.6) is 11.5 Å². The summed E-state index contributed by atoms with van der Waals surface area (Å²) in [6.07, 6.45) is 0. The summed E-state index contributed by atoms with van der Waals surface area (Å²) in [6.45, 7) is -0.307. The van der Waals surface area contributed by atoms with Crippen molar-refractivity contribution in [2.45, 2.75) is 0 Å². The lowest BCUT2D eigenvalue weighted by Crippen LogP contribution is -2.20. The van der Waals surface area contributed by atoms with Crippen LogP contribution in [0.15, 0.2) is 36.4 Å². The number of ether oxygens (including phenoxy) is 2. The fraction of sp³-hybridized carbons (Fsp3) is 0.118. The molecular formula is C17H12ClN3O3. The highest BCUT2D eigenvalue weighted by molar-refractivity contribution is 6.32. The molecule has 0 aliphatic heterocycles. The van der Waals surface area contributed by atoms with Crippen molar-refractivity contribution in [3.05, 3.63) is 52.5 Å². The Bertz CT molecular complexity index is 853. The molecule has 120 valence electrons. The van der Waals surface area contributed by atoms with Crippen LogP contribution in [0.25, 0.3) is 0 Å². The molecular weight excluding hydrogens is 330 g/mol. The molecule has 0 aromatic heterocycles. The molecule has 7 heteroatoms. The summed E-state index contributed by atoms with van der Waals surface area (Å²) < 4.78 is 10.5. The van der Waals surface area contributed by atoms with Gasteiger partial charge in [-0.2, -0.15) is 10.5 Å². The lowest BCUT2D eigenvalue weighted by Gasteiger charge is -2.12. The molecule has 0 aliphatic carbocycles. The summed E-state index contributed by atoms with van der Waals surface area (Å²) in [5, 5.41) is 20.5. The van der Waals surface area contributed by atoms with Crippen LogP contribution in [-0.2, 0) is 4.79 Å². The highest BCUT2D eigenvalue weighted by Gasteiger charge is 2.14. The van der Waals surface area contributed by atoms with Crippen molar-refractivity contribution in [2.24, 2.45) is 0 Å². The van der Waals surface area contributed by atoms with Crippen molar-refractivity contribution < 1.29 is 14.3 Å². The van der Waals surface area contributed by atoms with E-state index >= 15 is 0 Å². The first-order valence-corrected chi connectivity index (χ1v) is 7.15. The van der Waals surface area contributed by atoms with Crippen LogP contribution in [0.2, 0.25) is 5.02 Å². The van der Waals surface area contributed by atoms with Crippen molar-refractivity contribution in [1.29, 1.82) is 10.5 Å². The number of methoxy groups -OCH3 is 1. The van der Waals surface area contributed by atoms with Crippen LogP contribution in [-0.4, -0.2) is 19.6 Å². The molecule has 2 aromatic rings. The number of anilines is 1. The lowest BCUT2D eigenvalue weighted by atomic mass is 10.2. The summed E-state index contributed by atoms with van der Waals surface area (Å²) in [5.41, 5.74) is 1.24. The largest absolute Gasteiger partial charge is 0.493 e. The summed E-state index contributed by atoms with van der Waals surface area (Å²) >= 11 is 6.05. The zero-order valence-corrected chi connectivity index (χ0v) is 13.4. The van der Waals surface area contributed by atoms with E-state index in [1.165, 1.54) is 19.2 Å². The third-order valence-corrected chi connectivity index (χ3v) is 3.26. The van der Waals surface area contributed by atoms with Crippen LogP contribution < -0.4 is 14.8 Å². The average Bonchev–Trinajstić information content (AvgIpc) is 2.60. The first kappa shape index (κ1) is 17.1. The van der Waals surface area contributed by atoms with E-state index in [0.717, 1.165) is 0 Å². The monoisotopic (exact) mass is 341 g/mol. The third kappa shape index (κ3) is 4.16. The van der Waals surface area contributed by atoms with Gasteiger partial charge in [-0.3, -0.25) is 4.79 Å². The van der Waals surface area contributed by atoms with Gasteiger partial charge in [0.2, 0.25) is 0 Å². The molecule has 0 saturated heterocycles. The van der Waals surface area contributed by atoms with Crippen molar-refractivity contribution in [1.82, 2.24) is 0 Å². The number of carbonyl (C=O) groups excluding carboxylic acids is 1. The number of rotatable bonds is 5. The molecule has 0 fully saturated rings. The second-order valence-electron chi connectivity index (χ2n) is 4.63. The maximum absolute atomic E-state index is 12.0. The Labute approximate surface area is 143 Å². The van der Waals surface area contributed by atoms with Gasteiger partial charge >= 0.3 is 0 Å². The summed E-state index contributed by atoms with van der Waals surface area (Å²) in [5.74, 6) is 0.0185. The fourth-order valence-electron chi connectivity index (χ4n) is 1.93. The summed E-state index contributed by atoms with van der Waals surface area (Å²) in [7, 11) is 1.41. The quantitative estimate of drug-likeness (QED) is 0.901. The summed E-state index contributed by atoms with van der Waals surface area (Å²) in [4.78, 5) is 12.0. The predicted octanol–water partition coefficient (Wildman–Crippen LogP) is 3.11. The molecule has 2 aromatic carbocycles. The van der Waals surface area contributed by atoms with Gasteiger partial charge in [-0.1, -0.05) is 17.7 Å². The molecule has 0 atom stereocenters. The number of hydrogen-bond donors (Lipinski definition) is 1. The van der Waals surface area contributed by atoms with Gasteiger partial charge in [-0.05, 0) is 24.3 Å². The third-order valence-electron chi connectivity index (χ3n) is 2.98. The molecule has 0 aliphatic rings. The number of nitrogens with one attached hydrogen (secondary N) is 1. The molecule has 0 bridgehead atoms. The minimum atomic E-state index is -0.424. The Balaban J connectivity index is 2.07. The number of halogens is 1. The average molecular weight is 342 g/mol. The maximum Gasteiger partial charge on any atom is 0.262 e. The molecule has 0 radical (unpaired) electrons. The number of benzene rings is 2. The van der Waals surface area contributed by atoms with E-state index in [1.54, 1.807) is 24.3 Å². The SMILES string of the molecule is COc1cc(C#N)cc(Cl)c1OCC(=O)Nc1cccc(C#N)c1. The van der Waals surface area contributed by atoms with Crippen LogP contribution in [0.4, 0.5) is 5.69 Å². The number of amides is 1. The fourth-order valence-corrected chi connectivity index (χ4v) is 2.19. The van der Waals surface area contributed by atoms with E-state index in [2.05, 4.69) is 5.32 Å². The predicted molar refractivity (Wildman–Crippen MR) is 88.0 cm³/mol. The Kier molecular flexibility index (Phi) is 5.62. The van der Waals surface area contributed by atoms with E-state index < -0.39 is 5.91 Å². The highest BCUT2D eigenvalue weighted by Crippen LogP contribution is 2.36. The molecule has 0 unspecified atom stereocenters. The van der Waals surface area contributed by atoms with E-state index in [4.69, 9.17) is 31.6 Å². The lowest BCUT2D eigenvalue weighted by molar-refractivity contribution is -0.118. The normalized spacial score (nSPS) is 9.50. The van der Waals surface area contributed by atoms with Gasteiger partial charge in [0.1, 0.15) is 0 Å². The molecule has 6 nitrogen and oxygen atoms in total. The van der Waals surface area contributed by atoms with Crippen LogP contribution in [0, 0.1) is 22.7 Å². The number of carbonyl (C=O) groups is 1. The number of nitrogens with zero attached hydrogens (tertiary/aromatic N) is 2. The second-order valence-corrected chi connectivity index (χ2v) is 5.04. The summed E-state index contributed by atoms with van der Waals surface area (Å²) in [6, 6.07) is 13.3. The van der Waals surface area contributed by atoms with Gasteiger partial charge in [0.05, 0.1) is 35.4 Å². The Morgan fingerprint density at radius 1 is 1.21 bits per heavy atom. The van der Waals surface area contributed by atoms with E-state index in [0.29, 0.717) is 16.8 Å². The molecule has 2 rings (SSSR count). The topological polar surface area (TPSA) is 95.1 Å². The smallest absolute Gasteiger partial charge is 0.262 e. The van der Waals surface area contributed by atoms with Crippen molar-refractivity contribution >= 4 is 23.2 Å². The van der Waals surface area contributed by atoms with Gasteiger partial charge in [-0.25, -0.2) is 0 Å². The molecule has 0 heterocycles. The van der Waals surface area contributed by atoms with Gasteiger partial charge < -0.3 is 14.8 Å². The Morgan fingerprint density at radius 3 is 2.62 bits per heavy atom. The maximum atomic E-state index is 12.0. The van der Waals surface area contributed by atoms with E-state index in [-0.39, 0.29) is 23.1 Å². The Hall–Kier alpha value is -3.22. The zero-order valence-electron chi connectivity index (χ0n) is 12.7. The van der Waals surface area contributed by atoms with Crippen molar-refractivity contribution in [3.8, 4) is 23.6 Å². The van der Waals surface area contributed by atoms with E-state index in [1.807, 2.05) is 12.1 Å². The van der Waals surface area contributed by atoms with Gasteiger partial charge in [0.25, 0.3) is 5.91 Å². The zero-order chi connectivity index (χ0) is 17.5. The minimum absolute atomic E-state index is 0.171. The Morgan fingerprint density at radius 2 is 1.96 bits per heavy atom. The number of hydrogen-bond acceptors (Lipinski definition) is 5. The van der Waals surface area contributed by atoms with E-state index in [9.17, 15) is 4.79 Å².